The molecule has 0 spiro atoms. The third-order valence-electron chi connectivity index (χ3n) is 2.95. The topological polar surface area (TPSA) is 24.1 Å². The average Bonchev–Trinajstić information content (AvgIpc) is 2.88. The van der Waals surface area contributed by atoms with Crippen molar-refractivity contribution in [2.45, 2.75) is 23.8 Å². The molecular weight excluding hydrogens is 228 g/mol. The van der Waals surface area contributed by atoms with Crippen LogP contribution < -0.4 is 10.6 Å². The van der Waals surface area contributed by atoms with Gasteiger partial charge in [0, 0.05) is 28.9 Å². The summed E-state index contributed by atoms with van der Waals surface area (Å²) in [6.45, 7) is 5.95. The molecule has 1 atom stereocenters. The Balaban J connectivity index is 1.91. The number of para-hydroxylation sites is 1. The number of hydrogen-bond donors (Lipinski definition) is 2. The van der Waals surface area contributed by atoms with Crippen molar-refractivity contribution in [1.82, 2.24) is 5.32 Å². The summed E-state index contributed by atoms with van der Waals surface area (Å²) in [5.74, 6) is 0.959. The van der Waals surface area contributed by atoms with Crippen LogP contribution in [0.15, 0.2) is 41.8 Å². The Hall–Kier alpha value is -0.930. The Morgan fingerprint density at radius 3 is 3.12 bits per heavy atom. The van der Waals surface area contributed by atoms with E-state index in [0.29, 0.717) is 6.04 Å². The molecule has 1 heterocycles. The first-order valence-electron chi connectivity index (χ1n) is 6.20. The second kappa shape index (κ2) is 6.72. The predicted octanol–water partition coefficient (Wildman–Crippen LogP) is 3.13. The molecule has 1 aromatic carbocycles. The summed E-state index contributed by atoms with van der Waals surface area (Å²) < 4.78 is 0. The standard InChI is InChI=1S/C14H20N2S/c1-2-10-17-14-8-4-3-7-13(14)16-11-12-6-5-9-15-12/h2-4,7-8,12,15-16H,1,5-6,9-11H2. The van der Waals surface area contributed by atoms with Crippen molar-refractivity contribution >= 4 is 17.4 Å². The second-order valence-electron chi connectivity index (χ2n) is 4.27. The highest BCUT2D eigenvalue weighted by molar-refractivity contribution is 7.99. The first kappa shape index (κ1) is 12.5. The van der Waals surface area contributed by atoms with E-state index >= 15 is 0 Å². The van der Waals surface area contributed by atoms with Gasteiger partial charge in [-0.2, -0.15) is 0 Å². The van der Waals surface area contributed by atoms with Crippen LogP contribution >= 0.6 is 11.8 Å². The van der Waals surface area contributed by atoms with E-state index < -0.39 is 0 Å². The fraction of sp³-hybridized carbons (Fsp3) is 0.429. The number of nitrogens with one attached hydrogen (secondary N) is 2. The first-order chi connectivity index (χ1) is 8.40. The highest BCUT2D eigenvalue weighted by atomic mass is 32.2. The van der Waals surface area contributed by atoms with E-state index in [1.54, 1.807) is 0 Å². The van der Waals surface area contributed by atoms with E-state index in [-0.39, 0.29) is 0 Å². The van der Waals surface area contributed by atoms with E-state index in [2.05, 4.69) is 41.5 Å². The molecule has 1 aliphatic rings. The number of thioether (sulfide) groups is 1. The van der Waals surface area contributed by atoms with Gasteiger partial charge in [0.25, 0.3) is 0 Å². The highest BCUT2D eigenvalue weighted by Gasteiger charge is 2.13. The van der Waals surface area contributed by atoms with Crippen LogP contribution in [0.1, 0.15) is 12.8 Å². The van der Waals surface area contributed by atoms with Gasteiger partial charge in [-0.1, -0.05) is 18.2 Å². The lowest BCUT2D eigenvalue weighted by molar-refractivity contribution is 0.633. The number of benzene rings is 1. The summed E-state index contributed by atoms with van der Waals surface area (Å²) in [5, 5.41) is 7.05. The van der Waals surface area contributed by atoms with Crippen LogP contribution in [0.3, 0.4) is 0 Å². The quantitative estimate of drug-likeness (QED) is 0.597. The van der Waals surface area contributed by atoms with Crippen LogP contribution in [-0.4, -0.2) is 24.9 Å². The maximum absolute atomic E-state index is 3.76. The zero-order valence-corrected chi connectivity index (χ0v) is 10.9. The first-order valence-corrected chi connectivity index (χ1v) is 7.18. The molecule has 2 N–H and O–H groups in total. The maximum Gasteiger partial charge on any atom is 0.0479 e. The molecule has 1 aliphatic heterocycles. The van der Waals surface area contributed by atoms with Crippen LogP contribution in [0.25, 0.3) is 0 Å². The van der Waals surface area contributed by atoms with Crippen LogP contribution in [0, 0.1) is 0 Å². The highest BCUT2D eigenvalue weighted by Crippen LogP contribution is 2.27. The molecular formula is C14H20N2S. The summed E-state index contributed by atoms with van der Waals surface area (Å²) in [7, 11) is 0. The Morgan fingerprint density at radius 2 is 2.35 bits per heavy atom. The summed E-state index contributed by atoms with van der Waals surface area (Å²) in [5.41, 5.74) is 1.24. The SMILES string of the molecule is C=CCSc1ccccc1NCC1CCCN1. The molecule has 1 unspecified atom stereocenters. The van der Waals surface area contributed by atoms with Gasteiger partial charge in [-0.3, -0.25) is 0 Å². The van der Waals surface area contributed by atoms with Gasteiger partial charge >= 0.3 is 0 Å². The Morgan fingerprint density at radius 1 is 1.47 bits per heavy atom. The van der Waals surface area contributed by atoms with Crippen molar-refractivity contribution < 1.29 is 0 Å². The van der Waals surface area contributed by atoms with Crippen molar-refractivity contribution in [2.24, 2.45) is 0 Å². The van der Waals surface area contributed by atoms with Crippen LogP contribution in [0.2, 0.25) is 0 Å². The molecule has 1 saturated heterocycles. The van der Waals surface area contributed by atoms with E-state index in [1.807, 2.05) is 17.8 Å². The smallest absolute Gasteiger partial charge is 0.0479 e. The molecule has 3 heteroatoms. The lowest BCUT2D eigenvalue weighted by Gasteiger charge is -2.15. The van der Waals surface area contributed by atoms with Gasteiger partial charge in [-0.15, -0.1) is 18.3 Å². The van der Waals surface area contributed by atoms with Crippen LogP contribution in [0.5, 0.6) is 0 Å². The van der Waals surface area contributed by atoms with Crippen LogP contribution in [-0.2, 0) is 0 Å². The largest absolute Gasteiger partial charge is 0.383 e. The molecule has 0 aromatic heterocycles. The van der Waals surface area contributed by atoms with Crippen molar-refractivity contribution in [2.75, 3.05) is 24.2 Å². The molecule has 0 amide bonds. The Bertz CT molecular complexity index is 359. The van der Waals surface area contributed by atoms with Gasteiger partial charge in [0.05, 0.1) is 0 Å². The van der Waals surface area contributed by atoms with E-state index in [4.69, 9.17) is 0 Å². The van der Waals surface area contributed by atoms with E-state index in [1.165, 1.54) is 30.0 Å². The molecule has 17 heavy (non-hydrogen) atoms. The minimum Gasteiger partial charge on any atom is -0.383 e. The third-order valence-corrected chi connectivity index (χ3v) is 4.01. The summed E-state index contributed by atoms with van der Waals surface area (Å²) in [6, 6.07) is 9.12. The van der Waals surface area contributed by atoms with Crippen molar-refractivity contribution in [3.63, 3.8) is 0 Å². The van der Waals surface area contributed by atoms with Gasteiger partial charge in [0.15, 0.2) is 0 Å². The van der Waals surface area contributed by atoms with Gasteiger partial charge in [-0.25, -0.2) is 0 Å². The molecule has 0 saturated carbocycles. The molecule has 0 bridgehead atoms. The van der Waals surface area contributed by atoms with Crippen molar-refractivity contribution in [1.29, 1.82) is 0 Å². The Kier molecular flexibility index (Phi) is 4.95. The number of hydrogen-bond acceptors (Lipinski definition) is 3. The van der Waals surface area contributed by atoms with Gasteiger partial charge < -0.3 is 10.6 Å². The average molecular weight is 248 g/mol. The fourth-order valence-electron chi connectivity index (χ4n) is 2.05. The Labute approximate surface area is 108 Å². The zero-order valence-electron chi connectivity index (χ0n) is 10.1. The summed E-state index contributed by atoms with van der Waals surface area (Å²) in [4.78, 5) is 1.31. The normalized spacial score (nSPS) is 19.2. The van der Waals surface area contributed by atoms with E-state index in [9.17, 15) is 0 Å². The maximum atomic E-state index is 3.76. The van der Waals surface area contributed by atoms with Gasteiger partial charge in [-0.05, 0) is 31.5 Å². The molecule has 1 aromatic rings. The van der Waals surface area contributed by atoms with Gasteiger partial charge in [0.1, 0.15) is 0 Å². The lowest BCUT2D eigenvalue weighted by Crippen LogP contribution is -2.29. The number of rotatable bonds is 6. The van der Waals surface area contributed by atoms with Crippen LogP contribution in [0.4, 0.5) is 5.69 Å². The molecule has 2 rings (SSSR count). The van der Waals surface area contributed by atoms with Gasteiger partial charge in [0.2, 0.25) is 0 Å². The van der Waals surface area contributed by atoms with Crippen molar-refractivity contribution in [3.05, 3.63) is 36.9 Å². The minimum absolute atomic E-state index is 0.632. The second-order valence-corrected chi connectivity index (χ2v) is 5.33. The van der Waals surface area contributed by atoms with E-state index in [0.717, 1.165) is 12.3 Å². The lowest BCUT2D eigenvalue weighted by atomic mass is 10.2. The zero-order chi connectivity index (χ0) is 11.9. The van der Waals surface area contributed by atoms with Crippen molar-refractivity contribution in [3.8, 4) is 0 Å². The summed E-state index contributed by atoms with van der Waals surface area (Å²) >= 11 is 1.83. The summed E-state index contributed by atoms with van der Waals surface area (Å²) in [6.07, 6.45) is 4.54. The molecule has 0 radical (unpaired) electrons. The third kappa shape index (κ3) is 3.79. The monoisotopic (exact) mass is 248 g/mol. The predicted molar refractivity (Wildman–Crippen MR) is 76.9 cm³/mol. The molecule has 2 nitrogen and oxygen atoms in total. The minimum atomic E-state index is 0.632. The molecule has 1 fully saturated rings. The molecule has 92 valence electrons. The molecule has 0 aliphatic carbocycles. The number of anilines is 1. The fourth-order valence-corrected chi connectivity index (χ4v) is 2.82.